The lowest BCUT2D eigenvalue weighted by Crippen LogP contribution is -2.51. The first-order valence-electron chi connectivity index (χ1n) is 6.42. The van der Waals surface area contributed by atoms with Crippen LogP contribution in [0.1, 0.15) is 25.3 Å². The molecule has 0 radical (unpaired) electrons. The van der Waals surface area contributed by atoms with E-state index in [0.29, 0.717) is 5.56 Å². The van der Waals surface area contributed by atoms with E-state index in [1.54, 1.807) is 6.92 Å². The molecular formula is C13H19FN2O2S. The van der Waals surface area contributed by atoms with Crippen LogP contribution in [0.3, 0.4) is 0 Å². The quantitative estimate of drug-likeness (QED) is 0.886. The highest BCUT2D eigenvalue weighted by atomic mass is 32.2. The van der Waals surface area contributed by atoms with Gasteiger partial charge in [0.05, 0.1) is 4.90 Å². The van der Waals surface area contributed by atoms with Crippen molar-refractivity contribution in [2.45, 2.75) is 43.7 Å². The largest absolute Gasteiger partial charge is 0.313 e. The zero-order valence-electron chi connectivity index (χ0n) is 11.1. The number of halogens is 1. The molecule has 6 heteroatoms. The van der Waals surface area contributed by atoms with Crippen LogP contribution in [-0.2, 0) is 10.0 Å². The molecule has 0 aliphatic carbocycles. The summed E-state index contributed by atoms with van der Waals surface area (Å²) in [5.74, 6) is -0.541. The van der Waals surface area contributed by atoms with Gasteiger partial charge in [-0.25, -0.2) is 17.5 Å². The third kappa shape index (κ3) is 3.32. The molecule has 1 fully saturated rings. The number of nitrogens with one attached hydrogen (secondary N) is 2. The predicted molar refractivity (Wildman–Crippen MR) is 71.9 cm³/mol. The van der Waals surface area contributed by atoms with E-state index in [1.165, 1.54) is 12.1 Å². The average Bonchev–Trinajstić information content (AvgIpc) is 2.35. The molecule has 1 aromatic rings. The molecule has 2 unspecified atom stereocenters. The molecule has 19 heavy (non-hydrogen) atoms. The van der Waals surface area contributed by atoms with Crippen molar-refractivity contribution in [2.75, 3.05) is 6.54 Å². The Balaban J connectivity index is 2.24. The molecule has 1 aromatic carbocycles. The molecule has 0 amide bonds. The molecule has 1 aliphatic rings. The van der Waals surface area contributed by atoms with Crippen molar-refractivity contribution >= 4 is 10.0 Å². The van der Waals surface area contributed by atoms with Crippen LogP contribution in [-0.4, -0.2) is 27.0 Å². The van der Waals surface area contributed by atoms with Gasteiger partial charge in [-0.2, -0.15) is 0 Å². The summed E-state index contributed by atoms with van der Waals surface area (Å²) in [4.78, 5) is 0.0188. The van der Waals surface area contributed by atoms with Gasteiger partial charge >= 0.3 is 0 Å². The molecule has 0 spiro atoms. The fourth-order valence-corrected chi connectivity index (χ4v) is 3.94. The average molecular weight is 286 g/mol. The lowest BCUT2D eigenvalue weighted by Gasteiger charge is -2.30. The van der Waals surface area contributed by atoms with Gasteiger partial charge in [0.25, 0.3) is 0 Å². The Kier molecular flexibility index (Phi) is 4.23. The van der Waals surface area contributed by atoms with Crippen LogP contribution in [0.5, 0.6) is 0 Å². The first kappa shape index (κ1) is 14.4. The summed E-state index contributed by atoms with van der Waals surface area (Å²) in [6, 6.07) is 3.74. The van der Waals surface area contributed by atoms with Gasteiger partial charge in [-0.1, -0.05) is 6.07 Å². The minimum absolute atomic E-state index is 0.0188. The van der Waals surface area contributed by atoms with Gasteiger partial charge in [-0.3, -0.25) is 0 Å². The second kappa shape index (κ2) is 5.56. The highest BCUT2D eigenvalue weighted by Gasteiger charge is 2.27. The molecule has 0 saturated carbocycles. The van der Waals surface area contributed by atoms with E-state index in [4.69, 9.17) is 0 Å². The van der Waals surface area contributed by atoms with Gasteiger partial charge in [0.1, 0.15) is 5.82 Å². The number of rotatable bonds is 3. The Hall–Kier alpha value is -0.980. The molecule has 0 bridgehead atoms. The summed E-state index contributed by atoms with van der Waals surface area (Å²) in [5, 5.41) is 3.23. The van der Waals surface area contributed by atoms with Crippen molar-refractivity contribution in [1.82, 2.24) is 10.0 Å². The minimum atomic E-state index is -3.68. The molecule has 1 saturated heterocycles. The van der Waals surface area contributed by atoms with Crippen LogP contribution in [0.2, 0.25) is 0 Å². The van der Waals surface area contributed by atoms with E-state index in [0.717, 1.165) is 25.5 Å². The maximum Gasteiger partial charge on any atom is 0.241 e. The standard InChI is InChI=1S/C13H19FN2O2S/c1-9-5-6-11(14)8-13(9)19(17,18)16-12-4-3-7-15-10(12)2/h5-6,8,10,12,15-16H,3-4,7H2,1-2H3. The number of aryl methyl sites for hydroxylation is 1. The van der Waals surface area contributed by atoms with Crippen molar-refractivity contribution in [3.63, 3.8) is 0 Å². The van der Waals surface area contributed by atoms with Crippen LogP contribution < -0.4 is 10.0 Å². The first-order valence-corrected chi connectivity index (χ1v) is 7.90. The summed E-state index contributed by atoms with van der Waals surface area (Å²) >= 11 is 0. The fraction of sp³-hybridized carbons (Fsp3) is 0.538. The van der Waals surface area contributed by atoms with E-state index in [2.05, 4.69) is 10.0 Å². The van der Waals surface area contributed by atoms with Crippen molar-refractivity contribution in [3.8, 4) is 0 Å². The number of benzene rings is 1. The minimum Gasteiger partial charge on any atom is -0.313 e. The molecule has 2 atom stereocenters. The van der Waals surface area contributed by atoms with Gasteiger partial charge in [0.15, 0.2) is 0 Å². The number of hydrogen-bond acceptors (Lipinski definition) is 3. The Morgan fingerprint density at radius 3 is 2.84 bits per heavy atom. The second-order valence-corrected chi connectivity index (χ2v) is 6.71. The molecule has 1 heterocycles. The molecular weight excluding hydrogens is 267 g/mol. The molecule has 106 valence electrons. The number of hydrogen-bond donors (Lipinski definition) is 2. The van der Waals surface area contributed by atoms with E-state index in [-0.39, 0.29) is 17.0 Å². The normalized spacial score (nSPS) is 24.4. The van der Waals surface area contributed by atoms with Crippen LogP contribution in [0.15, 0.2) is 23.1 Å². The van der Waals surface area contributed by atoms with Gasteiger partial charge in [-0.05, 0) is 50.9 Å². The topological polar surface area (TPSA) is 58.2 Å². The third-order valence-electron chi connectivity index (χ3n) is 3.51. The Labute approximate surface area is 113 Å². The number of piperidine rings is 1. The Bertz CT molecular complexity index is 560. The smallest absolute Gasteiger partial charge is 0.241 e. The summed E-state index contributed by atoms with van der Waals surface area (Å²) in [5.41, 5.74) is 0.547. The first-order chi connectivity index (χ1) is 8.90. The highest BCUT2D eigenvalue weighted by molar-refractivity contribution is 7.89. The Morgan fingerprint density at radius 2 is 2.16 bits per heavy atom. The second-order valence-electron chi connectivity index (χ2n) is 5.02. The lowest BCUT2D eigenvalue weighted by molar-refractivity contribution is 0.348. The zero-order chi connectivity index (χ0) is 14.0. The zero-order valence-corrected chi connectivity index (χ0v) is 11.9. The Morgan fingerprint density at radius 1 is 1.42 bits per heavy atom. The summed E-state index contributed by atoms with van der Waals surface area (Å²) in [7, 11) is -3.68. The third-order valence-corrected chi connectivity index (χ3v) is 5.14. The lowest BCUT2D eigenvalue weighted by atomic mass is 10.0. The van der Waals surface area contributed by atoms with Crippen LogP contribution in [0, 0.1) is 12.7 Å². The van der Waals surface area contributed by atoms with Crippen molar-refractivity contribution in [3.05, 3.63) is 29.6 Å². The monoisotopic (exact) mass is 286 g/mol. The van der Waals surface area contributed by atoms with Crippen molar-refractivity contribution in [1.29, 1.82) is 0 Å². The SMILES string of the molecule is Cc1ccc(F)cc1S(=O)(=O)NC1CCCNC1C. The number of sulfonamides is 1. The van der Waals surface area contributed by atoms with Crippen LogP contribution in [0.25, 0.3) is 0 Å². The van der Waals surface area contributed by atoms with Crippen LogP contribution in [0.4, 0.5) is 4.39 Å². The van der Waals surface area contributed by atoms with Crippen LogP contribution >= 0.6 is 0 Å². The highest BCUT2D eigenvalue weighted by Crippen LogP contribution is 2.18. The van der Waals surface area contributed by atoms with Gasteiger partial charge in [-0.15, -0.1) is 0 Å². The van der Waals surface area contributed by atoms with Gasteiger partial charge < -0.3 is 5.32 Å². The predicted octanol–water partition coefficient (Wildman–Crippen LogP) is 1.55. The summed E-state index contributed by atoms with van der Waals surface area (Å²) in [6.07, 6.45) is 1.72. The van der Waals surface area contributed by atoms with E-state index >= 15 is 0 Å². The molecule has 4 nitrogen and oxygen atoms in total. The molecule has 2 rings (SSSR count). The van der Waals surface area contributed by atoms with Crippen molar-refractivity contribution in [2.24, 2.45) is 0 Å². The molecule has 0 aromatic heterocycles. The molecule has 2 N–H and O–H groups in total. The molecule has 1 aliphatic heterocycles. The maximum atomic E-state index is 13.2. The van der Waals surface area contributed by atoms with E-state index in [9.17, 15) is 12.8 Å². The van der Waals surface area contributed by atoms with E-state index < -0.39 is 15.8 Å². The summed E-state index contributed by atoms with van der Waals surface area (Å²) < 4.78 is 40.5. The van der Waals surface area contributed by atoms with Crippen molar-refractivity contribution < 1.29 is 12.8 Å². The van der Waals surface area contributed by atoms with Gasteiger partial charge in [0.2, 0.25) is 10.0 Å². The maximum absolute atomic E-state index is 13.2. The fourth-order valence-electron chi connectivity index (χ4n) is 2.33. The summed E-state index contributed by atoms with van der Waals surface area (Å²) in [6.45, 7) is 4.51. The van der Waals surface area contributed by atoms with E-state index in [1.807, 2.05) is 6.92 Å². The van der Waals surface area contributed by atoms with Gasteiger partial charge in [0, 0.05) is 12.1 Å².